The third-order valence-corrected chi connectivity index (χ3v) is 2.40. The third-order valence-electron chi connectivity index (χ3n) is 2.40. The summed E-state index contributed by atoms with van der Waals surface area (Å²) in [7, 11) is 0. The first-order valence-corrected chi connectivity index (χ1v) is 4.16. The Balaban J connectivity index is 2.16. The maximum Gasteiger partial charge on any atom is 0.0258 e. The van der Waals surface area contributed by atoms with Crippen molar-refractivity contribution in [1.29, 1.82) is 0 Å². The lowest BCUT2D eigenvalue weighted by atomic mass is 10.2. The maximum absolute atomic E-state index is 3.13. The zero-order chi connectivity index (χ0) is 7.84. The highest BCUT2D eigenvalue weighted by Gasteiger charge is 2.20. The van der Waals surface area contributed by atoms with Crippen molar-refractivity contribution < 1.29 is 0 Å². The molecule has 2 nitrogen and oxygen atoms in total. The molecule has 1 aliphatic rings. The normalized spacial score (nSPS) is 17.7. The number of nitrogens with one attached hydrogen (secondary N) is 1. The molecule has 2 rings (SSSR count). The molecule has 0 bridgehead atoms. The summed E-state index contributed by atoms with van der Waals surface area (Å²) in [5.41, 5.74) is 2.94. The number of aromatic amines is 1. The molecule has 0 amide bonds. The van der Waals surface area contributed by atoms with Gasteiger partial charge in [-0.05, 0) is 25.0 Å². The van der Waals surface area contributed by atoms with Gasteiger partial charge in [-0.15, -0.1) is 0 Å². The van der Waals surface area contributed by atoms with Gasteiger partial charge in [0.15, 0.2) is 0 Å². The predicted octanol–water partition coefficient (Wildman–Crippen LogP) is 1.74. The summed E-state index contributed by atoms with van der Waals surface area (Å²) in [6.45, 7) is 6.73. The van der Waals surface area contributed by atoms with Crippen LogP contribution in [0.3, 0.4) is 0 Å². The minimum absolute atomic E-state index is 0.669. The van der Waals surface area contributed by atoms with E-state index in [0.29, 0.717) is 6.04 Å². The van der Waals surface area contributed by atoms with E-state index >= 15 is 0 Å². The van der Waals surface area contributed by atoms with Crippen molar-refractivity contribution in [3.63, 3.8) is 0 Å². The highest BCUT2D eigenvalue weighted by atomic mass is 15.2. The van der Waals surface area contributed by atoms with Gasteiger partial charge < -0.3 is 4.98 Å². The van der Waals surface area contributed by atoms with Crippen molar-refractivity contribution in [2.75, 3.05) is 0 Å². The SMILES string of the molecule is CC(C)N1Cc2c[nH]cc2C1. The van der Waals surface area contributed by atoms with E-state index in [4.69, 9.17) is 0 Å². The molecule has 0 atom stereocenters. The average molecular weight is 150 g/mol. The second-order valence-corrected chi connectivity index (χ2v) is 3.50. The van der Waals surface area contributed by atoms with Crippen LogP contribution < -0.4 is 0 Å². The van der Waals surface area contributed by atoms with Gasteiger partial charge in [-0.25, -0.2) is 0 Å². The smallest absolute Gasteiger partial charge is 0.0258 e. The lowest BCUT2D eigenvalue weighted by Crippen LogP contribution is -2.24. The monoisotopic (exact) mass is 150 g/mol. The number of H-pyrrole nitrogens is 1. The van der Waals surface area contributed by atoms with Crippen LogP contribution in [0.1, 0.15) is 25.0 Å². The highest BCUT2D eigenvalue weighted by Crippen LogP contribution is 2.23. The van der Waals surface area contributed by atoms with Gasteiger partial charge in [0, 0.05) is 31.5 Å². The van der Waals surface area contributed by atoms with Crippen molar-refractivity contribution >= 4 is 0 Å². The minimum Gasteiger partial charge on any atom is -0.367 e. The molecule has 0 spiro atoms. The van der Waals surface area contributed by atoms with Crippen LogP contribution in [0.4, 0.5) is 0 Å². The standard InChI is InChI=1S/C9H14N2/c1-7(2)11-5-8-3-10-4-9(8)6-11/h3-4,7,10H,5-6H2,1-2H3. The summed E-state index contributed by atoms with van der Waals surface area (Å²) in [6, 6.07) is 0.669. The van der Waals surface area contributed by atoms with Gasteiger partial charge in [0.25, 0.3) is 0 Å². The van der Waals surface area contributed by atoms with Gasteiger partial charge in [0.1, 0.15) is 0 Å². The molecule has 0 aliphatic carbocycles. The summed E-state index contributed by atoms with van der Waals surface area (Å²) in [5, 5.41) is 0. The van der Waals surface area contributed by atoms with Crippen molar-refractivity contribution in [2.24, 2.45) is 0 Å². The Kier molecular flexibility index (Phi) is 1.50. The molecule has 0 saturated heterocycles. The summed E-state index contributed by atoms with van der Waals surface area (Å²) in [5.74, 6) is 0. The van der Waals surface area contributed by atoms with E-state index in [0.717, 1.165) is 13.1 Å². The zero-order valence-electron chi connectivity index (χ0n) is 7.09. The summed E-state index contributed by atoms with van der Waals surface area (Å²) in [6.07, 6.45) is 4.22. The fourth-order valence-corrected chi connectivity index (χ4v) is 1.58. The first-order chi connectivity index (χ1) is 5.27. The Bertz CT molecular complexity index is 229. The largest absolute Gasteiger partial charge is 0.367 e. The van der Waals surface area contributed by atoms with Gasteiger partial charge in [-0.2, -0.15) is 0 Å². The van der Waals surface area contributed by atoms with Gasteiger partial charge in [0.2, 0.25) is 0 Å². The molecule has 0 unspecified atom stereocenters. The van der Waals surface area contributed by atoms with Crippen molar-refractivity contribution in [3.8, 4) is 0 Å². The van der Waals surface area contributed by atoms with E-state index in [1.807, 2.05) is 0 Å². The fourth-order valence-electron chi connectivity index (χ4n) is 1.58. The van der Waals surface area contributed by atoms with Gasteiger partial charge in [-0.3, -0.25) is 4.90 Å². The number of rotatable bonds is 1. The first kappa shape index (κ1) is 6.92. The van der Waals surface area contributed by atoms with Crippen LogP contribution in [-0.4, -0.2) is 15.9 Å². The van der Waals surface area contributed by atoms with Crippen LogP contribution >= 0.6 is 0 Å². The second kappa shape index (κ2) is 2.38. The summed E-state index contributed by atoms with van der Waals surface area (Å²) < 4.78 is 0. The van der Waals surface area contributed by atoms with Crippen molar-refractivity contribution in [3.05, 3.63) is 23.5 Å². The lowest BCUT2D eigenvalue weighted by molar-refractivity contribution is 0.226. The van der Waals surface area contributed by atoms with E-state index < -0.39 is 0 Å². The highest BCUT2D eigenvalue weighted by molar-refractivity contribution is 5.26. The van der Waals surface area contributed by atoms with E-state index in [1.54, 1.807) is 0 Å². The Labute approximate surface area is 67.2 Å². The van der Waals surface area contributed by atoms with Crippen LogP contribution in [0.5, 0.6) is 0 Å². The number of nitrogens with zero attached hydrogens (tertiary/aromatic N) is 1. The maximum atomic E-state index is 3.13. The Morgan fingerprint density at radius 3 is 2.27 bits per heavy atom. The van der Waals surface area contributed by atoms with Crippen LogP contribution in [0, 0.1) is 0 Å². The minimum atomic E-state index is 0.669. The van der Waals surface area contributed by atoms with Gasteiger partial charge in [-0.1, -0.05) is 0 Å². The fraction of sp³-hybridized carbons (Fsp3) is 0.556. The van der Waals surface area contributed by atoms with E-state index in [-0.39, 0.29) is 0 Å². The molecule has 0 fully saturated rings. The summed E-state index contributed by atoms with van der Waals surface area (Å²) >= 11 is 0. The molecule has 2 heterocycles. The van der Waals surface area contributed by atoms with Crippen LogP contribution in [0.15, 0.2) is 12.4 Å². The summed E-state index contributed by atoms with van der Waals surface area (Å²) in [4.78, 5) is 5.60. The van der Waals surface area contributed by atoms with Gasteiger partial charge >= 0.3 is 0 Å². The molecule has 1 aromatic heterocycles. The molecule has 1 aromatic rings. The van der Waals surface area contributed by atoms with Crippen LogP contribution in [0.25, 0.3) is 0 Å². The van der Waals surface area contributed by atoms with Crippen LogP contribution in [-0.2, 0) is 13.1 Å². The average Bonchev–Trinajstić information content (AvgIpc) is 2.40. The number of hydrogen-bond acceptors (Lipinski definition) is 1. The molecule has 2 heteroatoms. The zero-order valence-corrected chi connectivity index (χ0v) is 7.09. The molecule has 0 saturated carbocycles. The molecule has 1 N–H and O–H groups in total. The predicted molar refractivity (Wildman–Crippen MR) is 45.2 cm³/mol. The second-order valence-electron chi connectivity index (χ2n) is 3.50. The van der Waals surface area contributed by atoms with E-state index in [1.165, 1.54) is 11.1 Å². The molecule has 60 valence electrons. The Morgan fingerprint density at radius 2 is 1.82 bits per heavy atom. The third kappa shape index (κ3) is 1.07. The first-order valence-electron chi connectivity index (χ1n) is 4.16. The number of aromatic nitrogens is 1. The number of hydrogen-bond donors (Lipinski definition) is 1. The number of fused-ring (bicyclic) bond motifs is 1. The van der Waals surface area contributed by atoms with Gasteiger partial charge in [0.05, 0.1) is 0 Å². The van der Waals surface area contributed by atoms with Crippen molar-refractivity contribution in [1.82, 2.24) is 9.88 Å². The quantitative estimate of drug-likeness (QED) is 0.646. The molecule has 0 aromatic carbocycles. The van der Waals surface area contributed by atoms with Crippen LogP contribution in [0.2, 0.25) is 0 Å². The van der Waals surface area contributed by atoms with Crippen molar-refractivity contribution in [2.45, 2.75) is 33.0 Å². The molecular formula is C9H14N2. The molecule has 1 aliphatic heterocycles. The Hall–Kier alpha value is -0.760. The Morgan fingerprint density at radius 1 is 1.27 bits per heavy atom. The molecular weight excluding hydrogens is 136 g/mol. The molecule has 11 heavy (non-hydrogen) atoms. The lowest BCUT2D eigenvalue weighted by Gasteiger charge is -2.19. The van der Waals surface area contributed by atoms with E-state index in [2.05, 4.69) is 36.1 Å². The molecule has 0 radical (unpaired) electrons. The topological polar surface area (TPSA) is 19.0 Å². The van der Waals surface area contributed by atoms with E-state index in [9.17, 15) is 0 Å².